The van der Waals surface area contributed by atoms with Crippen LogP contribution in [0.4, 0.5) is 0 Å². The van der Waals surface area contributed by atoms with Gasteiger partial charge < -0.3 is 0 Å². The number of carbonyl (C=O) groups is 1. The maximum atomic E-state index is 12.4. The minimum Gasteiger partial charge on any atom is -0.294 e. The zero-order valence-corrected chi connectivity index (χ0v) is 10.7. The van der Waals surface area contributed by atoms with Crippen LogP contribution in [0.15, 0.2) is 36.0 Å². The summed E-state index contributed by atoms with van der Waals surface area (Å²) in [6.45, 7) is 10.2. The molecule has 0 aromatic heterocycles. The summed E-state index contributed by atoms with van der Waals surface area (Å²) in [5.74, 6) is 0.306. The van der Waals surface area contributed by atoms with Gasteiger partial charge in [-0.1, -0.05) is 45.1 Å². The summed E-state index contributed by atoms with van der Waals surface area (Å²) in [4.78, 5) is 12.4. The van der Waals surface area contributed by atoms with Gasteiger partial charge in [0.1, 0.15) is 0 Å². The van der Waals surface area contributed by atoms with Crippen LogP contribution in [-0.2, 0) is 4.79 Å². The lowest BCUT2D eigenvalue weighted by molar-refractivity contribution is -0.123. The van der Waals surface area contributed by atoms with Gasteiger partial charge in [0.15, 0.2) is 5.78 Å². The molecule has 1 nitrogen and oxygen atoms in total. The van der Waals surface area contributed by atoms with Gasteiger partial charge in [-0.3, -0.25) is 4.79 Å². The third-order valence-corrected chi connectivity index (χ3v) is 3.52. The van der Waals surface area contributed by atoms with Crippen molar-refractivity contribution in [1.82, 2.24) is 0 Å². The van der Waals surface area contributed by atoms with E-state index in [1.165, 1.54) is 0 Å². The van der Waals surface area contributed by atoms with Crippen LogP contribution in [0.5, 0.6) is 0 Å². The summed E-state index contributed by atoms with van der Waals surface area (Å²) >= 11 is 0. The second-order valence-corrected chi connectivity index (χ2v) is 4.60. The van der Waals surface area contributed by atoms with Crippen LogP contribution in [0.2, 0.25) is 0 Å². The summed E-state index contributed by atoms with van der Waals surface area (Å²) in [6.07, 6.45) is 9.59. The molecule has 16 heavy (non-hydrogen) atoms. The Morgan fingerprint density at radius 1 is 1.44 bits per heavy atom. The molecule has 1 atom stereocenters. The van der Waals surface area contributed by atoms with Gasteiger partial charge in [0.05, 0.1) is 0 Å². The first-order valence-corrected chi connectivity index (χ1v) is 6.17. The first-order chi connectivity index (χ1) is 7.61. The molecule has 1 aliphatic rings. The number of ketones is 1. The second kappa shape index (κ2) is 5.29. The number of Topliss-reactive ketones (excluding diaryl/α,β-unsaturated/α-hetero) is 1. The molecule has 0 bridgehead atoms. The molecule has 0 heterocycles. The highest BCUT2D eigenvalue weighted by atomic mass is 16.1. The smallest absolute Gasteiger partial charge is 0.169 e. The van der Waals surface area contributed by atoms with Crippen LogP contribution in [-0.4, -0.2) is 5.78 Å². The minimum atomic E-state index is -0.154. The van der Waals surface area contributed by atoms with Gasteiger partial charge in [-0.05, 0) is 31.8 Å². The molecule has 0 spiro atoms. The van der Waals surface area contributed by atoms with Crippen LogP contribution >= 0.6 is 0 Å². The fourth-order valence-electron chi connectivity index (χ4n) is 2.56. The van der Waals surface area contributed by atoms with E-state index in [0.29, 0.717) is 5.78 Å². The Balaban J connectivity index is 3.05. The summed E-state index contributed by atoms with van der Waals surface area (Å²) in [6, 6.07) is 0. The number of rotatable bonds is 4. The standard InChI is InChI=1S/C15H22O/c1-5-8-9-13-12(4)11-15(7-3,10-6-2)14(13)16/h5,8-9H,4,6-7,10-11H2,1-3H3/b8-5-,13-9+. The van der Waals surface area contributed by atoms with E-state index in [-0.39, 0.29) is 5.41 Å². The van der Waals surface area contributed by atoms with Crippen LogP contribution in [0.25, 0.3) is 0 Å². The summed E-state index contributed by atoms with van der Waals surface area (Å²) in [7, 11) is 0. The van der Waals surface area contributed by atoms with Crippen LogP contribution in [0.3, 0.4) is 0 Å². The Morgan fingerprint density at radius 3 is 2.62 bits per heavy atom. The van der Waals surface area contributed by atoms with E-state index in [1.54, 1.807) is 0 Å². The normalized spacial score (nSPS) is 28.6. The number of carbonyl (C=O) groups excluding carboxylic acids is 1. The Kier molecular flexibility index (Phi) is 4.28. The maximum absolute atomic E-state index is 12.4. The van der Waals surface area contributed by atoms with Gasteiger partial charge in [0.25, 0.3) is 0 Å². The summed E-state index contributed by atoms with van der Waals surface area (Å²) < 4.78 is 0. The first kappa shape index (κ1) is 13.0. The lowest BCUT2D eigenvalue weighted by Crippen LogP contribution is -2.25. The van der Waals surface area contributed by atoms with Gasteiger partial charge in [-0.25, -0.2) is 0 Å². The molecule has 0 saturated heterocycles. The highest BCUT2D eigenvalue weighted by Gasteiger charge is 2.44. The van der Waals surface area contributed by atoms with Crippen LogP contribution in [0, 0.1) is 5.41 Å². The molecule has 1 rings (SSSR count). The first-order valence-electron chi connectivity index (χ1n) is 6.17. The summed E-state index contributed by atoms with van der Waals surface area (Å²) in [5.41, 5.74) is 1.70. The van der Waals surface area contributed by atoms with Crippen molar-refractivity contribution >= 4 is 5.78 Å². The average molecular weight is 218 g/mol. The Bertz CT molecular complexity index is 346. The number of hydrogen-bond acceptors (Lipinski definition) is 1. The van der Waals surface area contributed by atoms with Gasteiger partial charge >= 0.3 is 0 Å². The van der Waals surface area contributed by atoms with Crippen molar-refractivity contribution in [3.63, 3.8) is 0 Å². The molecular formula is C15H22O. The van der Waals surface area contributed by atoms with Gasteiger partial charge in [0, 0.05) is 11.0 Å². The van der Waals surface area contributed by atoms with E-state index < -0.39 is 0 Å². The van der Waals surface area contributed by atoms with Gasteiger partial charge in [-0.2, -0.15) is 0 Å². The molecule has 1 fully saturated rings. The van der Waals surface area contributed by atoms with E-state index in [4.69, 9.17) is 0 Å². The zero-order chi connectivity index (χ0) is 12.2. The lowest BCUT2D eigenvalue weighted by Gasteiger charge is -2.24. The van der Waals surface area contributed by atoms with E-state index in [0.717, 1.165) is 36.8 Å². The molecule has 88 valence electrons. The fourth-order valence-corrected chi connectivity index (χ4v) is 2.56. The molecule has 0 N–H and O–H groups in total. The van der Waals surface area contributed by atoms with Crippen molar-refractivity contribution in [1.29, 1.82) is 0 Å². The van der Waals surface area contributed by atoms with Crippen molar-refractivity contribution in [2.45, 2.75) is 46.5 Å². The lowest BCUT2D eigenvalue weighted by atomic mass is 9.78. The van der Waals surface area contributed by atoms with Gasteiger partial charge in [-0.15, -0.1) is 0 Å². The predicted octanol–water partition coefficient (Wildman–Crippen LogP) is 4.21. The minimum absolute atomic E-state index is 0.154. The monoisotopic (exact) mass is 218 g/mol. The third-order valence-electron chi connectivity index (χ3n) is 3.52. The predicted molar refractivity (Wildman–Crippen MR) is 69.3 cm³/mol. The van der Waals surface area contributed by atoms with E-state index >= 15 is 0 Å². The molecule has 0 aromatic rings. The highest BCUT2D eigenvalue weighted by molar-refractivity contribution is 6.07. The van der Waals surface area contributed by atoms with Crippen molar-refractivity contribution < 1.29 is 4.79 Å². The quantitative estimate of drug-likeness (QED) is 0.646. The molecule has 0 aromatic carbocycles. The molecule has 0 aliphatic heterocycles. The molecule has 1 saturated carbocycles. The van der Waals surface area contributed by atoms with E-state index in [2.05, 4.69) is 20.4 Å². The number of hydrogen-bond donors (Lipinski definition) is 0. The Labute approximate surface area is 98.9 Å². The molecular weight excluding hydrogens is 196 g/mol. The average Bonchev–Trinajstić information content (AvgIpc) is 2.50. The Morgan fingerprint density at radius 2 is 2.12 bits per heavy atom. The SMILES string of the molecule is C=C1CC(CC)(CCC)C(=O)/C1=C/C=C\C. The highest BCUT2D eigenvalue weighted by Crippen LogP contribution is 2.46. The fraction of sp³-hybridized carbons (Fsp3) is 0.533. The maximum Gasteiger partial charge on any atom is 0.169 e. The molecule has 0 radical (unpaired) electrons. The molecule has 1 unspecified atom stereocenters. The van der Waals surface area contributed by atoms with Crippen molar-refractivity contribution in [2.75, 3.05) is 0 Å². The summed E-state index contributed by atoms with van der Waals surface area (Å²) in [5, 5.41) is 0. The molecule has 0 amide bonds. The van der Waals surface area contributed by atoms with E-state index in [1.807, 2.05) is 25.2 Å². The molecule has 1 aliphatic carbocycles. The van der Waals surface area contributed by atoms with Gasteiger partial charge in [0.2, 0.25) is 0 Å². The van der Waals surface area contributed by atoms with Crippen molar-refractivity contribution in [3.8, 4) is 0 Å². The second-order valence-electron chi connectivity index (χ2n) is 4.60. The largest absolute Gasteiger partial charge is 0.294 e. The van der Waals surface area contributed by atoms with Crippen molar-refractivity contribution in [3.05, 3.63) is 36.0 Å². The van der Waals surface area contributed by atoms with E-state index in [9.17, 15) is 4.79 Å². The Hall–Kier alpha value is -1.11. The number of allylic oxidation sites excluding steroid dienone is 5. The van der Waals surface area contributed by atoms with Crippen LogP contribution in [0.1, 0.15) is 46.5 Å². The topological polar surface area (TPSA) is 17.1 Å². The van der Waals surface area contributed by atoms with Crippen molar-refractivity contribution in [2.24, 2.45) is 5.41 Å². The zero-order valence-electron chi connectivity index (χ0n) is 10.7. The van der Waals surface area contributed by atoms with Crippen LogP contribution < -0.4 is 0 Å². The molecule has 1 heteroatoms. The third kappa shape index (κ3) is 2.18.